The lowest BCUT2D eigenvalue weighted by molar-refractivity contribution is 0.345. The van der Waals surface area contributed by atoms with E-state index >= 15 is 0 Å². The highest BCUT2D eigenvalue weighted by atomic mass is 32.1. The average molecular weight is 491 g/mol. The molecule has 0 unspecified atom stereocenters. The molecule has 1 aromatic carbocycles. The molecule has 2 aliphatic rings. The smallest absolute Gasteiger partial charge is 0.174 e. The topological polar surface area (TPSA) is 51.5 Å². The Hall–Kier alpha value is -3.06. The Kier molecular flexibility index (Phi) is 6.69. The molecule has 1 aliphatic carbocycles. The Morgan fingerprint density at radius 1 is 1.00 bits per heavy atom. The van der Waals surface area contributed by atoms with Gasteiger partial charge in [0.05, 0.1) is 37.7 Å². The first kappa shape index (κ1) is 23.7. The zero-order valence-corrected chi connectivity index (χ0v) is 21.8. The molecule has 1 N–H and O–H groups in total. The Labute approximate surface area is 213 Å². The first-order valence-electron chi connectivity index (χ1n) is 12.4. The van der Waals surface area contributed by atoms with Gasteiger partial charge in [0.1, 0.15) is 11.5 Å². The van der Waals surface area contributed by atoms with Gasteiger partial charge in [-0.3, -0.25) is 4.98 Å². The number of aryl methyl sites for hydroxylation is 1. The van der Waals surface area contributed by atoms with Gasteiger partial charge in [-0.05, 0) is 74.8 Å². The second-order valence-electron chi connectivity index (χ2n) is 9.52. The van der Waals surface area contributed by atoms with Crippen LogP contribution in [0.3, 0.4) is 0 Å². The van der Waals surface area contributed by atoms with Gasteiger partial charge in [0.2, 0.25) is 0 Å². The van der Waals surface area contributed by atoms with Crippen LogP contribution >= 0.6 is 12.2 Å². The lowest BCUT2D eigenvalue weighted by Crippen LogP contribution is -2.30. The fourth-order valence-corrected chi connectivity index (χ4v) is 6.26. The predicted molar refractivity (Wildman–Crippen MR) is 144 cm³/mol. The van der Waals surface area contributed by atoms with Gasteiger partial charge in [0.15, 0.2) is 5.11 Å². The van der Waals surface area contributed by atoms with Gasteiger partial charge < -0.3 is 24.3 Å². The van der Waals surface area contributed by atoms with Crippen molar-refractivity contribution in [2.75, 3.05) is 19.1 Å². The SMILES string of the molecule is COc1ccc(N2C(=S)N[C@H](c3ccccn3)[C@@H]2c2cc(C)n(C3CCCCC3)c2C)c(OC)c1. The number of nitrogens with zero attached hydrogens (tertiary/aromatic N) is 3. The summed E-state index contributed by atoms with van der Waals surface area (Å²) in [5.74, 6) is 1.47. The van der Waals surface area contributed by atoms with Crippen LogP contribution in [0.1, 0.15) is 72.9 Å². The minimum Gasteiger partial charge on any atom is -0.497 e. The molecule has 7 heteroatoms. The molecular formula is C28H34N4O2S. The molecule has 5 rings (SSSR count). The lowest BCUT2D eigenvalue weighted by Gasteiger charge is -2.30. The maximum Gasteiger partial charge on any atom is 0.174 e. The maximum absolute atomic E-state index is 5.95. The number of methoxy groups -OCH3 is 2. The molecule has 1 aliphatic heterocycles. The standard InChI is InChI=1S/C28H34N4O2S/c1-18-16-22(19(2)31(18)20-10-6-5-7-11-20)27-26(23-12-8-9-15-29-23)30-28(35)32(27)24-14-13-21(33-3)17-25(24)34-4/h8-9,12-17,20,26-27H,5-7,10-11H2,1-4H3,(H,30,35)/t26-,27+/m1/s1. The van der Waals surface area contributed by atoms with Crippen LogP contribution in [0.4, 0.5) is 5.69 Å². The fourth-order valence-electron chi connectivity index (χ4n) is 5.92. The Morgan fingerprint density at radius 3 is 2.49 bits per heavy atom. The highest BCUT2D eigenvalue weighted by molar-refractivity contribution is 7.80. The maximum atomic E-state index is 5.95. The van der Waals surface area contributed by atoms with E-state index in [9.17, 15) is 0 Å². The van der Waals surface area contributed by atoms with Crippen LogP contribution in [0.2, 0.25) is 0 Å². The molecule has 2 atom stereocenters. The van der Waals surface area contributed by atoms with E-state index in [-0.39, 0.29) is 12.1 Å². The van der Waals surface area contributed by atoms with E-state index in [2.05, 4.69) is 40.8 Å². The third kappa shape index (κ3) is 4.27. The minimum atomic E-state index is -0.0872. The molecule has 2 fully saturated rings. The summed E-state index contributed by atoms with van der Waals surface area (Å²) in [5, 5.41) is 4.25. The van der Waals surface area contributed by atoms with Gasteiger partial charge in [-0.15, -0.1) is 0 Å². The molecule has 6 nitrogen and oxygen atoms in total. The van der Waals surface area contributed by atoms with Crippen molar-refractivity contribution < 1.29 is 9.47 Å². The van der Waals surface area contributed by atoms with Crippen LogP contribution in [0.15, 0.2) is 48.7 Å². The van der Waals surface area contributed by atoms with Gasteiger partial charge in [-0.2, -0.15) is 0 Å². The van der Waals surface area contributed by atoms with Crippen molar-refractivity contribution in [2.24, 2.45) is 0 Å². The summed E-state index contributed by atoms with van der Waals surface area (Å²) in [5.41, 5.74) is 5.77. The van der Waals surface area contributed by atoms with Crippen LogP contribution in [0.5, 0.6) is 11.5 Å². The molecule has 0 radical (unpaired) electrons. The molecule has 0 bridgehead atoms. The number of rotatable bonds is 6. The third-order valence-electron chi connectivity index (χ3n) is 7.53. The summed E-state index contributed by atoms with van der Waals surface area (Å²) >= 11 is 5.95. The van der Waals surface area contributed by atoms with Gasteiger partial charge in [0, 0.05) is 29.7 Å². The molecule has 35 heavy (non-hydrogen) atoms. The number of nitrogens with one attached hydrogen (secondary N) is 1. The average Bonchev–Trinajstić information content (AvgIpc) is 3.39. The number of pyridine rings is 1. The summed E-state index contributed by atoms with van der Waals surface area (Å²) in [6.45, 7) is 4.50. The third-order valence-corrected chi connectivity index (χ3v) is 7.84. The highest BCUT2D eigenvalue weighted by Gasteiger charge is 2.43. The van der Waals surface area contributed by atoms with Crippen molar-refractivity contribution in [3.63, 3.8) is 0 Å². The summed E-state index contributed by atoms with van der Waals surface area (Å²) < 4.78 is 13.8. The predicted octanol–water partition coefficient (Wildman–Crippen LogP) is 6.20. The van der Waals surface area contributed by atoms with Crippen molar-refractivity contribution in [1.29, 1.82) is 0 Å². The van der Waals surface area contributed by atoms with Crippen molar-refractivity contribution in [1.82, 2.24) is 14.9 Å². The van der Waals surface area contributed by atoms with E-state index in [1.807, 2.05) is 36.5 Å². The number of anilines is 1. The summed E-state index contributed by atoms with van der Waals surface area (Å²) in [7, 11) is 3.35. The van der Waals surface area contributed by atoms with Crippen LogP contribution in [0, 0.1) is 13.8 Å². The summed E-state index contributed by atoms with van der Waals surface area (Å²) in [4.78, 5) is 6.91. The van der Waals surface area contributed by atoms with Crippen LogP contribution in [-0.2, 0) is 0 Å². The van der Waals surface area contributed by atoms with Gasteiger partial charge in [-0.25, -0.2) is 0 Å². The second kappa shape index (κ2) is 9.90. The molecule has 2 aromatic heterocycles. The van der Waals surface area contributed by atoms with Crippen LogP contribution in [0.25, 0.3) is 0 Å². The van der Waals surface area contributed by atoms with E-state index in [0.717, 1.165) is 22.9 Å². The second-order valence-corrected chi connectivity index (χ2v) is 9.91. The molecule has 3 heterocycles. The van der Waals surface area contributed by atoms with Crippen molar-refractivity contribution >= 4 is 23.0 Å². The molecule has 1 saturated heterocycles. The van der Waals surface area contributed by atoms with E-state index in [0.29, 0.717) is 11.2 Å². The molecular weight excluding hydrogens is 456 g/mol. The highest BCUT2D eigenvalue weighted by Crippen LogP contribution is 2.47. The first-order chi connectivity index (χ1) is 17.0. The number of benzene rings is 1. The van der Waals surface area contributed by atoms with Crippen molar-refractivity contribution in [3.8, 4) is 11.5 Å². The van der Waals surface area contributed by atoms with Crippen molar-refractivity contribution in [2.45, 2.75) is 64.1 Å². The summed E-state index contributed by atoms with van der Waals surface area (Å²) in [6, 6.07) is 14.7. The molecule has 1 saturated carbocycles. The van der Waals surface area contributed by atoms with E-state index in [4.69, 9.17) is 26.7 Å². The first-order valence-corrected chi connectivity index (χ1v) is 12.8. The Balaban J connectivity index is 1.65. The fraction of sp³-hybridized carbons (Fsp3) is 0.429. The zero-order chi connectivity index (χ0) is 24.5. The van der Waals surface area contributed by atoms with Crippen LogP contribution < -0.4 is 19.7 Å². The summed E-state index contributed by atoms with van der Waals surface area (Å²) in [6.07, 6.45) is 8.29. The van der Waals surface area contributed by atoms with E-state index in [1.165, 1.54) is 49.1 Å². The number of thiocarbonyl (C=S) groups is 1. The number of aromatic nitrogens is 2. The van der Waals surface area contributed by atoms with Gasteiger partial charge in [-0.1, -0.05) is 25.3 Å². The van der Waals surface area contributed by atoms with Crippen molar-refractivity contribution in [3.05, 3.63) is 71.3 Å². The van der Waals surface area contributed by atoms with E-state index in [1.54, 1.807) is 14.2 Å². The van der Waals surface area contributed by atoms with Gasteiger partial charge >= 0.3 is 0 Å². The molecule has 0 spiro atoms. The van der Waals surface area contributed by atoms with E-state index < -0.39 is 0 Å². The largest absolute Gasteiger partial charge is 0.497 e. The minimum absolute atomic E-state index is 0.0664. The monoisotopic (exact) mass is 490 g/mol. The number of hydrogen-bond acceptors (Lipinski definition) is 4. The zero-order valence-electron chi connectivity index (χ0n) is 21.0. The molecule has 0 amide bonds. The van der Waals surface area contributed by atoms with Crippen LogP contribution in [-0.4, -0.2) is 28.9 Å². The molecule has 184 valence electrons. The normalized spacial score (nSPS) is 20.7. The Bertz CT molecular complexity index is 1200. The molecule has 3 aromatic rings. The quantitative estimate of drug-likeness (QED) is 0.415. The number of hydrogen-bond donors (Lipinski definition) is 1. The lowest BCUT2D eigenvalue weighted by atomic mass is 9.94. The number of ether oxygens (including phenoxy) is 2. The van der Waals surface area contributed by atoms with Gasteiger partial charge in [0.25, 0.3) is 0 Å². The Morgan fingerprint density at radius 2 is 1.80 bits per heavy atom.